The SMILES string of the molecule is [Cr+3].[O-2].[Sr+2].[Zr+4]. The topological polar surface area (TPSA) is 28.5 Å². The molecule has 0 bridgehead atoms. The molecule has 0 aromatic heterocycles. The van der Waals surface area contributed by atoms with Crippen molar-refractivity contribution in [1.82, 2.24) is 0 Å². The Bertz CT molecular complexity index is 8.00. The van der Waals surface area contributed by atoms with Gasteiger partial charge in [0.05, 0.1) is 0 Å². The second kappa shape index (κ2) is 16.9. The summed E-state index contributed by atoms with van der Waals surface area (Å²) in [6.07, 6.45) is 0. The van der Waals surface area contributed by atoms with Crippen LogP contribution in [0, 0.1) is 0 Å². The van der Waals surface area contributed by atoms with Crippen LogP contribution in [0.5, 0.6) is 0 Å². The molecule has 0 rings (SSSR count). The molecule has 0 N–H and O–H groups in total. The Labute approximate surface area is 92.4 Å². The van der Waals surface area contributed by atoms with Gasteiger partial charge in [-0.1, -0.05) is 0 Å². The average molecular weight is 247 g/mol. The van der Waals surface area contributed by atoms with Gasteiger partial charge in [-0.3, -0.25) is 0 Å². The minimum absolute atomic E-state index is 0. The molecule has 0 aromatic rings. The molecule has 0 aromatic carbocycles. The van der Waals surface area contributed by atoms with Gasteiger partial charge in [0.2, 0.25) is 0 Å². The monoisotopic (exact) mass is 246 g/mol. The van der Waals surface area contributed by atoms with Crippen molar-refractivity contribution < 1.29 is 49.0 Å². The molecule has 0 spiro atoms. The van der Waals surface area contributed by atoms with Crippen molar-refractivity contribution in [2.75, 3.05) is 0 Å². The zero-order valence-electron chi connectivity index (χ0n) is 2.02. The fraction of sp³-hybridized carbons (Fsp3) is 0. The quantitative estimate of drug-likeness (QED) is 0.516. The Hall–Kier alpha value is 2.86. The molecule has 0 saturated heterocycles. The Morgan fingerprint density at radius 2 is 1.00 bits per heavy atom. The predicted molar refractivity (Wildman–Crippen MR) is 6.44 cm³/mol. The molecule has 11 valence electrons. The van der Waals surface area contributed by atoms with Crippen LogP contribution in [0.25, 0.3) is 0 Å². The third-order valence-corrected chi connectivity index (χ3v) is 0. The summed E-state index contributed by atoms with van der Waals surface area (Å²) in [5.41, 5.74) is 0. The Morgan fingerprint density at radius 3 is 1.00 bits per heavy atom. The largest absolute Gasteiger partial charge is 4.00 e. The van der Waals surface area contributed by atoms with Gasteiger partial charge in [-0.15, -0.1) is 0 Å². The van der Waals surface area contributed by atoms with Crippen LogP contribution in [0.3, 0.4) is 0 Å². The van der Waals surface area contributed by atoms with Crippen molar-refractivity contribution in [2.24, 2.45) is 0 Å². The maximum absolute atomic E-state index is 0. The van der Waals surface area contributed by atoms with Gasteiger partial charge in [0, 0.05) is 0 Å². The van der Waals surface area contributed by atoms with E-state index < -0.39 is 0 Å². The van der Waals surface area contributed by atoms with E-state index in [9.17, 15) is 0 Å². The zero-order valence-corrected chi connectivity index (χ0v) is 9.23. The van der Waals surface area contributed by atoms with Gasteiger partial charge in [-0.05, 0) is 0 Å². The van der Waals surface area contributed by atoms with E-state index in [1.165, 1.54) is 0 Å². The minimum atomic E-state index is 0. The van der Waals surface area contributed by atoms with E-state index in [1.807, 2.05) is 0 Å². The molecule has 0 heterocycles. The van der Waals surface area contributed by atoms with Crippen LogP contribution in [0.2, 0.25) is 0 Å². The first kappa shape index (κ1) is 28.8. The summed E-state index contributed by atoms with van der Waals surface area (Å²) in [5.74, 6) is 0. The van der Waals surface area contributed by atoms with Crippen LogP contribution >= 0.6 is 0 Å². The summed E-state index contributed by atoms with van der Waals surface area (Å²) in [5, 5.41) is 0. The summed E-state index contributed by atoms with van der Waals surface area (Å²) < 4.78 is 0. The van der Waals surface area contributed by atoms with E-state index in [1.54, 1.807) is 0 Å². The van der Waals surface area contributed by atoms with Gasteiger partial charge >= 0.3 is 89.0 Å². The summed E-state index contributed by atoms with van der Waals surface area (Å²) >= 11 is 0. The molecule has 0 atom stereocenters. The molecule has 0 aliphatic carbocycles. The Balaban J connectivity index is 0. The molecule has 0 saturated carbocycles. The van der Waals surface area contributed by atoms with Gasteiger partial charge in [0.25, 0.3) is 0 Å². The van der Waals surface area contributed by atoms with Crippen molar-refractivity contribution >= 4 is 45.5 Å². The van der Waals surface area contributed by atoms with Gasteiger partial charge < -0.3 is 5.48 Å². The van der Waals surface area contributed by atoms with Crippen molar-refractivity contribution in [3.05, 3.63) is 0 Å². The summed E-state index contributed by atoms with van der Waals surface area (Å²) in [6.45, 7) is 0. The first-order valence-corrected chi connectivity index (χ1v) is 0. The minimum Gasteiger partial charge on any atom is -2.00 e. The summed E-state index contributed by atoms with van der Waals surface area (Å²) in [4.78, 5) is 0. The fourth-order valence-electron chi connectivity index (χ4n) is 0. The first-order valence-electron chi connectivity index (χ1n) is 0. The van der Waals surface area contributed by atoms with E-state index in [-0.39, 0.29) is 94.5 Å². The molecule has 0 aliphatic heterocycles. The third kappa shape index (κ3) is 8.85. The molecular weight excluding hydrogens is 247 g/mol. The normalized spacial score (nSPS) is 0. The maximum atomic E-state index is 0. The summed E-state index contributed by atoms with van der Waals surface area (Å²) in [7, 11) is 0. The second-order valence-electron chi connectivity index (χ2n) is 0. The fourth-order valence-corrected chi connectivity index (χ4v) is 0. The van der Waals surface area contributed by atoms with Gasteiger partial charge in [0.1, 0.15) is 0 Å². The van der Waals surface area contributed by atoms with Crippen LogP contribution in [0.1, 0.15) is 0 Å². The zero-order chi connectivity index (χ0) is 0. The molecule has 0 aliphatic rings. The molecular formula is CrOSrZr+7. The maximum Gasteiger partial charge on any atom is 4.00 e. The van der Waals surface area contributed by atoms with Crippen LogP contribution in [-0.4, -0.2) is 45.5 Å². The van der Waals surface area contributed by atoms with Crippen LogP contribution in [0.4, 0.5) is 0 Å². The molecule has 0 unspecified atom stereocenters. The predicted octanol–water partition coefficient (Wildman–Crippen LogP) is -0.505. The standard InChI is InChI=1S/Cr.O.Sr.Zr/q+3;-2;+2;+4. The third-order valence-electron chi connectivity index (χ3n) is 0. The van der Waals surface area contributed by atoms with E-state index in [0.29, 0.717) is 0 Å². The Kier molecular flexibility index (Phi) is 122. The molecule has 0 fully saturated rings. The van der Waals surface area contributed by atoms with Crippen LogP contribution in [-0.2, 0) is 49.0 Å². The molecule has 4 heavy (non-hydrogen) atoms. The average Bonchev–Trinajstić information content (AvgIpc) is 0. The smallest absolute Gasteiger partial charge is 2.00 e. The van der Waals surface area contributed by atoms with Crippen molar-refractivity contribution in [2.45, 2.75) is 0 Å². The van der Waals surface area contributed by atoms with E-state index >= 15 is 0 Å². The first-order chi connectivity index (χ1) is 0. The Morgan fingerprint density at radius 1 is 1.00 bits per heavy atom. The molecule has 1 radical (unpaired) electrons. The van der Waals surface area contributed by atoms with E-state index in [0.717, 1.165) is 0 Å². The second-order valence-corrected chi connectivity index (χ2v) is 0. The van der Waals surface area contributed by atoms with Crippen molar-refractivity contribution in [3.63, 3.8) is 0 Å². The van der Waals surface area contributed by atoms with Crippen LogP contribution < -0.4 is 0 Å². The van der Waals surface area contributed by atoms with Gasteiger partial charge in [-0.2, -0.15) is 0 Å². The van der Waals surface area contributed by atoms with Crippen molar-refractivity contribution in [1.29, 1.82) is 0 Å². The number of rotatable bonds is 0. The van der Waals surface area contributed by atoms with Gasteiger partial charge in [0.15, 0.2) is 0 Å². The number of hydrogen-bond donors (Lipinski definition) is 0. The van der Waals surface area contributed by atoms with E-state index in [2.05, 4.69) is 0 Å². The molecule has 4 heteroatoms. The number of hydrogen-bond acceptors (Lipinski definition) is 0. The molecule has 1 nitrogen and oxygen atoms in total. The summed E-state index contributed by atoms with van der Waals surface area (Å²) in [6, 6.07) is 0. The van der Waals surface area contributed by atoms with Crippen molar-refractivity contribution in [3.8, 4) is 0 Å². The van der Waals surface area contributed by atoms with Gasteiger partial charge in [-0.25, -0.2) is 0 Å². The van der Waals surface area contributed by atoms with Crippen LogP contribution in [0.15, 0.2) is 0 Å². The molecule has 0 amide bonds. The van der Waals surface area contributed by atoms with E-state index in [4.69, 9.17) is 0 Å².